The molecule has 6 heteroatoms. The van der Waals surface area contributed by atoms with Crippen molar-refractivity contribution in [3.05, 3.63) is 26.3 Å². The Labute approximate surface area is 126 Å². The van der Waals surface area contributed by atoms with Gasteiger partial charge in [-0.25, -0.2) is 4.98 Å². The van der Waals surface area contributed by atoms with Crippen molar-refractivity contribution in [1.29, 1.82) is 0 Å². The summed E-state index contributed by atoms with van der Waals surface area (Å²) in [5.74, 6) is 1.13. The first-order valence-electron chi connectivity index (χ1n) is 7.32. The summed E-state index contributed by atoms with van der Waals surface area (Å²) in [7, 11) is 0. The van der Waals surface area contributed by atoms with E-state index in [9.17, 15) is 4.79 Å². The predicted molar refractivity (Wildman–Crippen MR) is 80.0 cm³/mol. The highest BCUT2D eigenvalue weighted by Gasteiger charge is 2.31. The fourth-order valence-electron chi connectivity index (χ4n) is 2.66. The highest BCUT2D eigenvalue weighted by atomic mass is 79.9. The Morgan fingerprint density at radius 1 is 1.50 bits per heavy atom. The number of H-pyrrole nitrogens is 1. The average molecular weight is 342 g/mol. The van der Waals surface area contributed by atoms with Gasteiger partial charge in [-0.1, -0.05) is 6.92 Å². The van der Waals surface area contributed by atoms with Crippen LogP contribution in [-0.4, -0.2) is 41.1 Å². The summed E-state index contributed by atoms with van der Waals surface area (Å²) in [6, 6.07) is 0. The fourth-order valence-corrected chi connectivity index (χ4v) is 3.17. The Kier molecular flexibility index (Phi) is 4.23. The molecule has 2 fully saturated rings. The maximum Gasteiger partial charge on any atom is 0.265 e. The van der Waals surface area contributed by atoms with Crippen molar-refractivity contribution >= 4 is 15.9 Å². The Bertz CT molecular complexity index is 540. The fraction of sp³-hybridized carbons (Fsp3) is 0.714. The highest BCUT2D eigenvalue weighted by Crippen LogP contribution is 2.41. The van der Waals surface area contributed by atoms with Crippen LogP contribution >= 0.6 is 15.9 Å². The van der Waals surface area contributed by atoms with Crippen molar-refractivity contribution in [2.75, 3.05) is 26.2 Å². The molecule has 20 heavy (non-hydrogen) atoms. The van der Waals surface area contributed by atoms with Crippen molar-refractivity contribution in [1.82, 2.24) is 14.9 Å². The van der Waals surface area contributed by atoms with E-state index >= 15 is 0 Å². The summed E-state index contributed by atoms with van der Waals surface area (Å²) >= 11 is 3.36. The molecule has 1 saturated heterocycles. The molecule has 1 unspecified atom stereocenters. The van der Waals surface area contributed by atoms with Crippen LogP contribution in [0.5, 0.6) is 0 Å². The first-order chi connectivity index (χ1) is 9.69. The SMILES string of the molecule is CCCN1CCOC(c2nc(C3CC3)c(Br)c(=O)[nH]2)C1. The zero-order chi connectivity index (χ0) is 14.1. The van der Waals surface area contributed by atoms with E-state index in [1.807, 2.05) is 0 Å². The predicted octanol–water partition coefficient (Wildman–Crippen LogP) is 2.19. The monoisotopic (exact) mass is 341 g/mol. The van der Waals surface area contributed by atoms with Crippen molar-refractivity contribution in [2.24, 2.45) is 0 Å². The Morgan fingerprint density at radius 2 is 2.30 bits per heavy atom. The van der Waals surface area contributed by atoms with E-state index in [2.05, 4.69) is 37.7 Å². The van der Waals surface area contributed by atoms with Crippen LogP contribution in [0.1, 0.15) is 49.7 Å². The summed E-state index contributed by atoms with van der Waals surface area (Å²) in [5.41, 5.74) is 0.813. The number of halogens is 1. The summed E-state index contributed by atoms with van der Waals surface area (Å²) in [6.45, 7) is 5.71. The van der Waals surface area contributed by atoms with Crippen LogP contribution in [0, 0.1) is 0 Å². The number of aromatic nitrogens is 2. The van der Waals surface area contributed by atoms with Crippen molar-refractivity contribution in [3.63, 3.8) is 0 Å². The van der Waals surface area contributed by atoms with E-state index in [0.29, 0.717) is 22.8 Å². The maximum absolute atomic E-state index is 12.0. The zero-order valence-corrected chi connectivity index (χ0v) is 13.3. The summed E-state index contributed by atoms with van der Waals surface area (Å²) in [4.78, 5) is 21.9. The highest BCUT2D eigenvalue weighted by molar-refractivity contribution is 9.10. The van der Waals surface area contributed by atoms with Gasteiger partial charge in [0.25, 0.3) is 5.56 Å². The second-order valence-electron chi connectivity index (χ2n) is 5.58. The molecule has 110 valence electrons. The third-order valence-electron chi connectivity index (χ3n) is 3.87. The van der Waals surface area contributed by atoms with E-state index in [0.717, 1.165) is 44.6 Å². The van der Waals surface area contributed by atoms with Gasteiger partial charge in [-0.3, -0.25) is 9.69 Å². The van der Waals surface area contributed by atoms with Crippen LogP contribution in [0.15, 0.2) is 9.27 Å². The molecule has 0 spiro atoms. The number of rotatable bonds is 4. The van der Waals surface area contributed by atoms with Gasteiger partial charge in [-0.05, 0) is 41.7 Å². The van der Waals surface area contributed by atoms with Gasteiger partial charge in [0.2, 0.25) is 0 Å². The Balaban J connectivity index is 1.84. The average Bonchev–Trinajstić information content (AvgIpc) is 3.27. The second kappa shape index (κ2) is 5.95. The largest absolute Gasteiger partial charge is 0.368 e. The van der Waals surface area contributed by atoms with Gasteiger partial charge in [0.05, 0.1) is 12.3 Å². The Morgan fingerprint density at radius 3 is 3.00 bits per heavy atom. The van der Waals surface area contributed by atoms with E-state index in [1.165, 1.54) is 0 Å². The molecule has 0 amide bonds. The minimum atomic E-state index is -0.117. The zero-order valence-electron chi connectivity index (χ0n) is 11.7. The number of hydrogen-bond donors (Lipinski definition) is 1. The third-order valence-corrected chi connectivity index (χ3v) is 4.63. The normalized spacial score (nSPS) is 24.0. The standard InChI is InChI=1S/C14H20BrN3O2/c1-2-5-18-6-7-20-10(8-18)13-16-12(9-3-4-9)11(15)14(19)17-13/h9-10H,2-8H2,1H3,(H,16,17,19). The van der Waals surface area contributed by atoms with Crippen LogP contribution < -0.4 is 5.56 Å². The van der Waals surface area contributed by atoms with E-state index in [4.69, 9.17) is 4.74 Å². The van der Waals surface area contributed by atoms with Crippen LogP contribution in [0.25, 0.3) is 0 Å². The molecule has 0 bridgehead atoms. The van der Waals surface area contributed by atoms with Gasteiger partial charge in [0, 0.05) is 19.0 Å². The lowest BCUT2D eigenvalue weighted by Gasteiger charge is -2.32. The number of morpholine rings is 1. The Hall–Kier alpha value is -0.720. The molecule has 1 aromatic rings. The molecular formula is C14H20BrN3O2. The molecule has 0 aromatic carbocycles. The topological polar surface area (TPSA) is 58.2 Å². The minimum absolute atomic E-state index is 0.0897. The molecule has 1 atom stereocenters. The molecular weight excluding hydrogens is 322 g/mol. The number of ether oxygens (including phenoxy) is 1. The lowest BCUT2D eigenvalue weighted by Crippen LogP contribution is -2.39. The molecule has 1 N–H and O–H groups in total. The van der Waals surface area contributed by atoms with Gasteiger partial charge < -0.3 is 9.72 Å². The lowest BCUT2D eigenvalue weighted by molar-refractivity contribution is -0.0344. The van der Waals surface area contributed by atoms with Gasteiger partial charge in [-0.15, -0.1) is 0 Å². The van der Waals surface area contributed by atoms with Crippen LogP contribution in [0.3, 0.4) is 0 Å². The van der Waals surface area contributed by atoms with Gasteiger partial charge in [0.1, 0.15) is 16.4 Å². The van der Waals surface area contributed by atoms with Crippen molar-refractivity contribution in [2.45, 2.75) is 38.2 Å². The molecule has 2 heterocycles. The van der Waals surface area contributed by atoms with Gasteiger partial charge >= 0.3 is 0 Å². The van der Waals surface area contributed by atoms with E-state index in [-0.39, 0.29) is 11.7 Å². The number of nitrogens with zero attached hydrogens (tertiary/aromatic N) is 2. The van der Waals surface area contributed by atoms with Crippen LogP contribution in [-0.2, 0) is 4.74 Å². The molecule has 3 rings (SSSR count). The smallest absolute Gasteiger partial charge is 0.265 e. The van der Waals surface area contributed by atoms with Crippen molar-refractivity contribution < 1.29 is 4.74 Å². The van der Waals surface area contributed by atoms with Gasteiger partial charge in [-0.2, -0.15) is 0 Å². The third kappa shape index (κ3) is 2.97. The molecule has 1 aliphatic carbocycles. The molecule has 2 aliphatic rings. The molecule has 5 nitrogen and oxygen atoms in total. The summed E-state index contributed by atoms with van der Waals surface area (Å²) in [6.07, 6.45) is 3.27. The minimum Gasteiger partial charge on any atom is -0.368 e. The van der Waals surface area contributed by atoms with Crippen molar-refractivity contribution in [3.8, 4) is 0 Å². The number of aromatic amines is 1. The quantitative estimate of drug-likeness (QED) is 0.911. The second-order valence-corrected chi connectivity index (χ2v) is 6.38. The number of hydrogen-bond acceptors (Lipinski definition) is 4. The van der Waals surface area contributed by atoms with Crippen LogP contribution in [0.4, 0.5) is 0 Å². The van der Waals surface area contributed by atoms with Gasteiger partial charge in [0.15, 0.2) is 0 Å². The maximum atomic E-state index is 12.0. The summed E-state index contributed by atoms with van der Waals surface area (Å²) < 4.78 is 6.39. The van der Waals surface area contributed by atoms with Crippen LogP contribution in [0.2, 0.25) is 0 Å². The molecule has 1 aliphatic heterocycles. The first kappa shape index (κ1) is 14.2. The summed E-state index contributed by atoms with van der Waals surface area (Å²) in [5, 5.41) is 0. The molecule has 0 radical (unpaired) electrons. The van der Waals surface area contributed by atoms with E-state index in [1.54, 1.807) is 0 Å². The molecule has 1 aromatic heterocycles. The number of nitrogens with one attached hydrogen (secondary N) is 1. The molecule has 1 saturated carbocycles. The first-order valence-corrected chi connectivity index (χ1v) is 8.12. The van der Waals surface area contributed by atoms with E-state index < -0.39 is 0 Å². The lowest BCUT2D eigenvalue weighted by atomic mass is 10.2.